The number of hydrogen-bond acceptors (Lipinski definition) is 2. The molecule has 0 amide bonds. The molecule has 1 N–H and O–H groups in total. The third-order valence-electron chi connectivity index (χ3n) is 3.34. The molecule has 0 spiro atoms. The molecule has 0 atom stereocenters. The van der Waals surface area contributed by atoms with Gasteiger partial charge in [-0.2, -0.15) is 0 Å². The second-order valence-electron chi connectivity index (χ2n) is 4.67. The van der Waals surface area contributed by atoms with Crippen LogP contribution in [-0.4, -0.2) is 20.6 Å². The van der Waals surface area contributed by atoms with Gasteiger partial charge in [0.2, 0.25) is 0 Å². The smallest absolute Gasteiger partial charge is 0.303 e. The quantitative estimate of drug-likeness (QED) is 0.909. The van der Waals surface area contributed by atoms with Gasteiger partial charge >= 0.3 is 5.97 Å². The van der Waals surface area contributed by atoms with Crippen molar-refractivity contribution in [3.8, 4) is 11.3 Å². The monoisotopic (exact) mass is 336 g/mol. The highest BCUT2D eigenvalue weighted by Crippen LogP contribution is 2.29. The second-order valence-corrected chi connectivity index (χ2v) is 5.42. The zero-order valence-electron chi connectivity index (χ0n) is 11.6. The van der Waals surface area contributed by atoms with Crippen LogP contribution in [0.2, 0.25) is 0 Å². The summed E-state index contributed by atoms with van der Waals surface area (Å²) in [4.78, 5) is 15.1. The Labute approximate surface area is 126 Å². The lowest BCUT2D eigenvalue weighted by Crippen LogP contribution is -2.04. The maximum Gasteiger partial charge on any atom is 0.303 e. The van der Waals surface area contributed by atoms with Crippen molar-refractivity contribution in [1.29, 1.82) is 0 Å². The maximum atomic E-state index is 10.7. The maximum absolute atomic E-state index is 10.7. The third-order valence-corrected chi connectivity index (χ3v) is 3.90. The number of aliphatic carboxylic acids is 1. The molecule has 0 unspecified atom stereocenters. The second kappa shape index (κ2) is 6.22. The zero-order chi connectivity index (χ0) is 14.7. The van der Waals surface area contributed by atoms with E-state index >= 15 is 0 Å². The molecule has 1 heterocycles. The van der Waals surface area contributed by atoms with Crippen molar-refractivity contribution in [2.45, 2.75) is 26.2 Å². The van der Waals surface area contributed by atoms with E-state index in [0.717, 1.165) is 28.1 Å². The van der Waals surface area contributed by atoms with Crippen molar-refractivity contribution in [3.05, 3.63) is 40.3 Å². The molecule has 0 radical (unpaired) electrons. The van der Waals surface area contributed by atoms with Crippen LogP contribution in [0, 0.1) is 0 Å². The normalized spacial score (nSPS) is 10.8. The van der Waals surface area contributed by atoms with E-state index in [1.165, 1.54) is 5.56 Å². The predicted octanol–water partition coefficient (Wildman–Crippen LogP) is 3.43. The van der Waals surface area contributed by atoms with Gasteiger partial charge < -0.3 is 9.67 Å². The number of carboxylic acids is 1. The van der Waals surface area contributed by atoms with Crippen molar-refractivity contribution in [3.63, 3.8) is 0 Å². The molecule has 0 saturated carbocycles. The Bertz CT molecular complexity index is 618. The summed E-state index contributed by atoms with van der Waals surface area (Å²) in [6, 6.07) is 8.35. The minimum atomic E-state index is -0.807. The van der Waals surface area contributed by atoms with Crippen LogP contribution >= 0.6 is 15.9 Å². The molecule has 0 aliphatic rings. The number of halogens is 1. The predicted molar refractivity (Wildman–Crippen MR) is 81.7 cm³/mol. The Morgan fingerprint density at radius 1 is 1.35 bits per heavy atom. The van der Waals surface area contributed by atoms with Gasteiger partial charge in [-0.1, -0.05) is 31.2 Å². The summed E-state index contributed by atoms with van der Waals surface area (Å²) in [5, 5.41) is 8.77. The van der Waals surface area contributed by atoms with E-state index in [9.17, 15) is 4.79 Å². The number of aromatic nitrogens is 2. The van der Waals surface area contributed by atoms with E-state index in [-0.39, 0.29) is 6.42 Å². The minimum absolute atomic E-state index is 0.0888. The summed E-state index contributed by atoms with van der Waals surface area (Å²) in [6.45, 7) is 2.12. The molecule has 0 aliphatic heterocycles. The highest BCUT2D eigenvalue weighted by Gasteiger charge is 2.15. The number of benzene rings is 1. The van der Waals surface area contributed by atoms with E-state index in [0.29, 0.717) is 6.42 Å². The van der Waals surface area contributed by atoms with Crippen molar-refractivity contribution >= 4 is 21.9 Å². The van der Waals surface area contributed by atoms with Crippen molar-refractivity contribution in [2.24, 2.45) is 7.05 Å². The molecular formula is C15H17BrN2O2. The Balaban J connectivity index is 2.33. The Kier molecular flexibility index (Phi) is 4.60. The number of rotatable bonds is 5. The van der Waals surface area contributed by atoms with E-state index < -0.39 is 5.97 Å². The fraction of sp³-hybridized carbons (Fsp3) is 0.333. The molecule has 1 aromatic carbocycles. The zero-order valence-corrected chi connectivity index (χ0v) is 13.1. The molecule has 106 valence electrons. The molecule has 20 heavy (non-hydrogen) atoms. The van der Waals surface area contributed by atoms with Crippen LogP contribution in [-0.2, 0) is 24.7 Å². The summed E-state index contributed by atoms with van der Waals surface area (Å²) < 4.78 is 2.71. The van der Waals surface area contributed by atoms with Crippen LogP contribution in [0.3, 0.4) is 0 Å². The van der Waals surface area contributed by atoms with Gasteiger partial charge in [-0.25, -0.2) is 4.98 Å². The molecule has 0 saturated heterocycles. The third kappa shape index (κ3) is 3.10. The van der Waals surface area contributed by atoms with Crippen LogP contribution in [0.25, 0.3) is 11.3 Å². The standard InChI is InChI=1S/C15H17BrN2O2/c1-3-10-4-6-11(7-5-10)14-15(16)17-12(18(14)2)8-9-13(19)20/h4-7H,3,8-9H2,1-2H3,(H,19,20). The van der Waals surface area contributed by atoms with E-state index in [2.05, 4.69) is 52.1 Å². The van der Waals surface area contributed by atoms with Crippen LogP contribution in [0.4, 0.5) is 0 Å². The molecule has 5 heteroatoms. The molecule has 0 bridgehead atoms. The van der Waals surface area contributed by atoms with E-state index in [1.807, 2.05) is 11.6 Å². The number of carbonyl (C=O) groups is 1. The molecule has 1 aromatic heterocycles. The molecule has 0 fully saturated rings. The van der Waals surface area contributed by atoms with Crippen molar-refractivity contribution in [2.75, 3.05) is 0 Å². The topological polar surface area (TPSA) is 55.1 Å². The Morgan fingerprint density at radius 2 is 2.00 bits per heavy atom. The molecule has 0 aliphatic carbocycles. The van der Waals surface area contributed by atoms with Gasteiger partial charge in [-0.05, 0) is 27.9 Å². The first-order valence-corrected chi connectivity index (χ1v) is 7.34. The summed E-state index contributed by atoms with van der Waals surface area (Å²) in [7, 11) is 1.91. The van der Waals surface area contributed by atoms with Gasteiger partial charge in [0.1, 0.15) is 10.4 Å². The summed E-state index contributed by atoms with van der Waals surface area (Å²) >= 11 is 3.47. The van der Waals surface area contributed by atoms with E-state index in [1.54, 1.807) is 0 Å². The molecule has 2 rings (SSSR count). The van der Waals surface area contributed by atoms with E-state index in [4.69, 9.17) is 5.11 Å². The van der Waals surface area contributed by atoms with Crippen molar-refractivity contribution in [1.82, 2.24) is 9.55 Å². The summed E-state index contributed by atoms with van der Waals surface area (Å²) in [5.41, 5.74) is 3.34. The first-order chi connectivity index (χ1) is 9.52. The van der Waals surface area contributed by atoms with Gasteiger partial charge in [0.25, 0.3) is 0 Å². The van der Waals surface area contributed by atoms with Gasteiger partial charge in [0.15, 0.2) is 0 Å². The lowest BCUT2D eigenvalue weighted by atomic mass is 10.1. The molecule has 2 aromatic rings. The first kappa shape index (κ1) is 14.8. The lowest BCUT2D eigenvalue weighted by molar-refractivity contribution is -0.137. The summed E-state index contributed by atoms with van der Waals surface area (Å²) in [5.74, 6) is -0.0354. The number of imidazole rings is 1. The number of nitrogens with zero attached hydrogens (tertiary/aromatic N) is 2. The average Bonchev–Trinajstić information content (AvgIpc) is 2.71. The highest BCUT2D eigenvalue weighted by molar-refractivity contribution is 9.10. The van der Waals surface area contributed by atoms with Gasteiger partial charge in [-0.3, -0.25) is 4.79 Å². The minimum Gasteiger partial charge on any atom is -0.481 e. The van der Waals surface area contributed by atoms with Crippen LogP contribution in [0.15, 0.2) is 28.9 Å². The fourth-order valence-corrected chi connectivity index (χ4v) is 2.86. The number of hydrogen-bond donors (Lipinski definition) is 1. The summed E-state index contributed by atoms with van der Waals surface area (Å²) in [6.07, 6.45) is 1.53. The SMILES string of the molecule is CCc1ccc(-c2c(Br)nc(CCC(=O)O)n2C)cc1. The van der Waals surface area contributed by atoms with Crippen LogP contribution < -0.4 is 0 Å². The largest absolute Gasteiger partial charge is 0.481 e. The van der Waals surface area contributed by atoms with Crippen LogP contribution in [0.5, 0.6) is 0 Å². The fourth-order valence-electron chi connectivity index (χ4n) is 2.16. The van der Waals surface area contributed by atoms with Gasteiger partial charge in [-0.15, -0.1) is 0 Å². The highest BCUT2D eigenvalue weighted by atomic mass is 79.9. The lowest BCUT2D eigenvalue weighted by Gasteiger charge is -2.07. The molecular weight excluding hydrogens is 320 g/mol. The Morgan fingerprint density at radius 3 is 2.55 bits per heavy atom. The Hall–Kier alpha value is -1.62. The number of carboxylic acid groups (broad SMARTS) is 1. The molecule has 4 nitrogen and oxygen atoms in total. The van der Waals surface area contributed by atoms with Gasteiger partial charge in [0.05, 0.1) is 12.1 Å². The first-order valence-electron chi connectivity index (χ1n) is 6.55. The van der Waals surface area contributed by atoms with Crippen molar-refractivity contribution < 1.29 is 9.90 Å². The average molecular weight is 337 g/mol. The van der Waals surface area contributed by atoms with Crippen LogP contribution in [0.1, 0.15) is 24.7 Å². The number of aryl methyl sites for hydroxylation is 2. The van der Waals surface area contributed by atoms with Gasteiger partial charge in [0, 0.05) is 19.0 Å².